The van der Waals surface area contributed by atoms with Crippen LogP contribution in [0.3, 0.4) is 0 Å². The van der Waals surface area contributed by atoms with Crippen LogP contribution < -0.4 is 5.32 Å². The van der Waals surface area contributed by atoms with Crippen LogP contribution in [-0.4, -0.2) is 16.6 Å². The molecule has 1 fully saturated rings. The number of nitrogens with one attached hydrogen (secondary N) is 1. The van der Waals surface area contributed by atoms with E-state index in [0.717, 1.165) is 19.3 Å². The normalized spacial score (nSPS) is 19.2. The van der Waals surface area contributed by atoms with Gasteiger partial charge < -0.3 is 10.4 Å². The monoisotopic (exact) mass is 253 g/mol. The van der Waals surface area contributed by atoms with Crippen LogP contribution in [0.1, 0.15) is 37.9 Å². The van der Waals surface area contributed by atoms with Crippen LogP contribution in [0, 0.1) is 0 Å². The van der Waals surface area contributed by atoms with Crippen LogP contribution in [0.2, 0.25) is 5.02 Å². The molecule has 1 aliphatic carbocycles. The second kappa shape index (κ2) is 4.67. The Hall–Kier alpha value is -1.06. The van der Waals surface area contributed by atoms with Gasteiger partial charge in [-0.05, 0) is 32.3 Å². The van der Waals surface area contributed by atoms with Crippen LogP contribution in [0.4, 0.5) is 0 Å². The first-order chi connectivity index (χ1) is 8.02. The van der Waals surface area contributed by atoms with Crippen LogP contribution in [0.15, 0.2) is 24.3 Å². The summed E-state index contributed by atoms with van der Waals surface area (Å²) < 4.78 is 0. The molecule has 4 heteroatoms. The first kappa shape index (κ1) is 12.4. The Balaban J connectivity index is 2.07. The second-order valence-corrected chi connectivity index (χ2v) is 5.23. The zero-order chi connectivity index (χ0) is 12.5. The predicted molar refractivity (Wildman–Crippen MR) is 66.8 cm³/mol. The fourth-order valence-electron chi connectivity index (χ4n) is 2.04. The molecule has 1 amide bonds. The average Bonchev–Trinajstić information content (AvgIpc) is 2.26. The Morgan fingerprint density at radius 3 is 2.65 bits per heavy atom. The third-order valence-corrected chi connectivity index (χ3v) is 3.67. The van der Waals surface area contributed by atoms with Gasteiger partial charge in [0.2, 0.25) is 0 Å². The van der Waals surface area contributed by atoms with Gasteiger partial charge in [0.25, 0.3) is 5.91 Å². The van der Waals surface area contributed by atoms with E-state index in [1.807, 2.05) is 6.92 Å². The van der Waals surface area contributed by atoms with Crippen molar-refractivity contribution < 1.29 is 9.90 Å². The first-order valence-electron chi connectivity index (χ1n) is 5.76. The number of amides is 1. The van der Waals surface area contributed by atoms with Gasteiger partial charge in [-0.25, -0.2) is 0 Å². The molecule has 0 radical (unpaired) electrons. The van der Waals surface area contributed by atoms with E-state index in [9.17, 15) is 9.90 Å². The summed E-state index contributed by atoms with van der Waals surface area (Å²) in [6, 6.07) is 6.85. The van der Waals surface area contributed by atoms with E-state index in [4.69, 9.17) is 11.6 Å². The molecule has 0 heterocycles. The predicted octanol–water partition coefficient (Wildman–Crippen LogP) is 2.43. The standard InChI is InChI=1S/C13H16ClNO2/c1-13(7-4-8-13)15-12(17)11(16)9-5-2-3-6-10(9)14/h2-3,5-6,11,16H,4,7-8H2,1H3,(H,15,17). The van der Waals surface area contributed by atoms with Crippen LogP contribution in [0.5, 0.6) is 0 Å². The zero-order valence-electron chi connectivity index (χ0n) is 9.74. The highest BCUT2D eigenvalue weighted by molar-refractivity contribution is 6.31. The number of aliphatic hydroxyl groups is 1. The molecule has 3 nitrogen and oxygen atoms in total. The van der Waals surface area contributed by atoms with Crippen molar-refractivity contribution >= 4 is 17.5 Å². The van der Waals surface area contributed by atoms with Crippen LogP contribution in [0.25, 0.3) is 0 Å². The molecule has 0 aromatic heterocycles. The Bertz CT molecular complexity index is 429. The lowest BCUT2D eigenvalue weighted by Crippen LogP contribution is -2.52. The quantitative estimate of drug-likeness (QED) is 0.869. The second-order valence-electron chi connectivity index (χ2n) is 4.83. The molecular weight excluding hydrogens is 238 g/mol. The molecule has 1 aromatic rings. The van der Waals surface area contributed by atoms with Gasteiger partial charge in [-0.15, -0.1) is 0 Å². The Morgan fingerprint density at radius 1 is 1.47 bits per heavy atom. The van der Waals surface area contributed by atoms with Crippen molar-refractivity contribution in [2.45, 2.75) is 37.8 Å². The van der Waals surface area contributed by atoms with Gasteiger partial charge in [0.15, 0.2) is 6.10 Å². The highest BCUT2D eigenvalue weighted by Crippen LogP contribution is 2.32. The molecule has 17 heavy (non-hydrogen) atoms. The van der Waals surface area contributed by atoms with Crippen molar-refractivity contribution in [1.29, 1.82) is 0 Å². The van der Waals surface area contributed by atoms with Crippen molar-refractivity contribution in [2.24, 2.45) is 0 Å². The molecule has 1 atom stereocenters. The minimum Gasteiger partial charge on any atom is -0.378 e. The van der Waals surface area contributed by atoms with Gasteiger partial charge in [-0.3, -0.25) is 4.79 Å². The fraction of sp³-hybridized carbons (Fsp3) is 0.462. The number of carbonyl (C=O) groups is 1. The highest BCUT2D eigenvalue weighted by Gasteiger charge is 2.35. The highest BCUT2D eigenvalue weighted by atomic mass is 35.5. The topological polar surface area (TPSA) is 49.3 Å². The Kier molecular flexibility index (Phi) is 3.40. The van der Waals surface area contributed by atoms with E-state index in [2.05, 4.69) is 5.32 Å². The molecule has 0 aliphatic heterocycles. The van der Waals surface area contributed by atoms with Crippen molar-refractivity contribution in [1.82, 2.24) is 5.32 Å². The molecule has 0 saturated heterocycles. The third kappa shape index (κ3) is 2.61. The van der Waals surface area contributed by atoms with E-state index in [0.29, 0.717) is 10.6 Å². The lowest BCUT2D eigenvalue weighted by molar-refractivity contribution is -0.132. The summed E-state index contributed by atoms with van der Waals surface area (Å²) in [7, 11) is 0. The summed E-state index contributed by atoms with van der Waals surface area (Å²) in [5.41, 5.74) is 0.300. The summed E-state index contributed by atoms with van der Waals surface area (Å²) in [6.45, 7) is 1.99. The Morgan fingerprint density at radius 2 is 2.12 bits per heavy atom. The molecule has 2 rings (SSSR count). The van der Waals surface area contributed by atoms with Gasteiger partial charge in [0.05, 0.1) is 0 Å². The summed E-state index contributed by atoms with van der Waals surface area (Å²) in [5.74, 6) is -0.375. The number of carbonyl (C=O) groups excluding carboxylic acids is 1. The zero-order valence-corrected chi connectivity index (χ0v) is 10.5. The third-order valence-electron chi connectivity index (χ3n) is 3.33. The minimum atomic E-state index is -1.19. The van der Waals surface area contributed by atoms with E-state index < -0.39 is 6.10 Å². The number of halogens is 1. The lowest BCUT2D eigenvalue weighted by Gasteiger charge is -2.39. The van der Waals surface area contributed by atoms with E-state index >= 15 is 0 Å². The SMILES string of the molecule is CC1(NC(=O)C(O)c2ccccc2Cl)CCC1. The molecule has 1 saturated carbocycles. The molecule has 0 bridgehead atoms. The molecule has 0 spiro atoms. The Labute approximate surface area is 106 Å². The van der Waals surface area contributed by atoms with Gasteiger partial charge in [0, 0.05) is 16.1 Å². The molecule has 1 unspecified atom stereocenters. The molecule has 1 aromatic carbocycles. The minimum absolute atomic E-state index is 0.153. The van der Waals surface area contributed by atoms with Crippen molar-refractivity contribution in [3.05, 3.63) is 34.9 Å². The summed E-state index contributed by atoms with van der Waals surface area (Å²) >= 11 is 5.94. The van der Waals surface area contributed by atoms with E-state index in [1.165, 1.54) is 0 Å². The van der Waals surface area contributed by atoms with Gasteiger partial charge in [-0.2, -0.15) is 0 Å². The smallest absolute Gasteiger partial charge is 0.253 e. The molecule has 1 aliphatic rings. The van der Waals surface area contributed by atoms with Gasteiger partial charge >= 0.3 is 0 Å². The average molecular weight is 254 g/mol. The molecular formula is C13H16ClNO2. The summed E-state index contributed by atoms with van der Waals surface area (Å²) in [5, 5.41) is 13.2. The maximum absolute atomic E-state index is 11.9. The van der Waals surface area contributed by atoms with Crippen LogP contribution >= 0.6 is 11.6 Å². The lowest BCUT2D eigenvalue weighted by atomic mass is 9.78. The summed E-state index contributed by atoms with van der Waals surface area (Å²) in [6.07, 6.45) is 1.86. The van der Waals surface area contributed by atoms with Crippen molar-refractivity contribution in [3.63, 3.8) is 0 Å². The largest absolute Gasteiger partial charge is 0.378 e. The number of hydrogen-bond acceptors (Lipinski definition) is 2. The fourth-order valence-corrected chi connectivity index (χ4v) is 2.28. The van der Waals surface area contributed by atoms with E-state index in [1.54, 1.807) is 24.3 Å². The van der Waals surface area contributed by atoms with Gasteiger partial charge in [0.1, 0.15) is 0 Å². The first-order valence-corrected chi connectivity index (χ1v) is 6.14. The number of hydrogen-bond donors (Lipinski definition) is 2. The molecule has 92 valence electrons. The number of benzene rings is 1. The van der Waals surface area contributed by atoms with Gasteiger partial charge in [-0.1, -0.05) is 29.8 Å². The maximum atomic E-state index is 11.9. The summed E-state index contributed by atoms with van der Waals surface area (Å²) in [4.78, 5) is 11.9. The van der Waals surface area contributed by atoms with Crippen molar-refractivity contribution in [3.8, 4) is 0 Å². The maximum Gasteiger partial charge on any atom is 0.253 e. The number of aliphatic hydroxyl groups excluding tert-OH is 1. The molecule has 2 N–H and O–H groups in total. The van der Waals surface area contributed by atoms with E-state index in [-0.39, 0.29) is 11.4 Å². The van der Waals surface area contributed by atoms with Crippen molar-refractivity contribution in [2.75, 3.05) is 0 Å². The van der Waals surface area contributed by atoms with Crippen LogP contribution in [-0.2, 0) is 4.79 Å². The number of rotatable bonds is 3.